The van der Waals surface area contributed by atoms with Gasteiger partial charge in [0.15, 0.2) is 0 Å². The molecule has 0 spiro atoms. The summed E-state index contributed by atoms with van der Waals surface area (Å²) >= 11 is 0. The Labute approximate surface area is 224 Å². The van der Waals surface area contributed by atoms with Crippen molar-refractivity contribution in [1.29, 1.82) is 0 Å². The zero-order valence-electron chi connectivity index (χ0n) is 21.9. The van der Waals surface area contributed by atoms with Gasteiger partial charge in [-0.15, -0.1) is 11.1 Å². The summed E-state index contributed by atoms with van der Waals surface area (Å²) in [6, 6.07) is 6.21. The number of ether oxygens (including phenoxy) is 1. The first-order valence-corrected chi connectivity index (χ1v) is 13.3. The molecule has 0 aliphatic heterocycles. The van der Waals surface area contributed by atoms with E-state index in [0.717, 1.165) is 24.9 Å². The number of aryl methyl sites for hydroxylation is 2. The molecule has 3 aliphatic carbocycles. The number of rotatable bonds is 6. The molecule has 3 saturated carbocycles. The van der Waals surface area contributed by atoms with Crippen molar-refractivity contribution < 1.29 is 31.2 Å². The molecule has 1 atom stereocenters. The summed E-state index contributed by atoms with van der Waals surface area (Å²) < 4.78 is 4.66. The first kappa shape index (κ1) is 30.8. The minimum atomic E-state index is -0.171. The number of benzene rings is 1. The zero-order valence-corrected chi connectivity index (χ0v) is 23.4. The summed E-state index contributed by atoms with van der Waals surface area (Å²) in [5.41, 5.74) is 4.73. The number of nitrogens with zero attached hydrogens (tertiary/aromatic N) is 1. The first-order chi connectivity index (χ1) is 16.1. The van der Waals surface area contributed by atoms with Crippen LogP contribution in [0.3, 0.4) is 0 Å². The Bertz CT molecular complexity index is 703. The number of allylic oxidation sites excluding steroid dienone is 2. The quantitative estimate of drug-likeness (QED) is 0.170. The van der Waals surface area contributed by atoms with Gasteiger partial charge in [0.1, 0.15) is 0 Å². The Morgan fingerprint density at radius 1 is 0.941 bits per heavy atom. The van der Waals surface area contributed by atoms with Crippen molar-refractivity contribution in [2.75, 3.05) is 7.11 Å². The minimum absolute atomic E-state index is 0. The average Bonchev–Trinajstić information content (AvgIpc) is 3.61. The second kappa shape index (κ2) is 19.1. The molecule has 34 heavy (non-hydrogen) atoms. The molecule has 3 fully saturated rings. The van der Waals surface area contributed by atoms with E-state index in [2.05, 4.69) is 54.1 Å². The van der Waals surface area contributed by atoms with Crippen molar-refractivity contribution in [2.45, 2.75) is 117 Å². The predicted octanol–water partition coefficient (Wildman–Crippen LogP) is 8.65. The molecule has 0 amide bonds. The number of esters is 1. The molecule has 4 heteroatoms. The number of methoxy groups -OCH3 is 1. The summed E-state index contributed by atoms with van der Waals surface area (Å²) in [5, 5.41) is 0. The van der Waals surface area contributed by atoms with Crippen LogP contribution in [0.5, 0.6) is 0 Å². The number of para-hydroxylation sites is 1. The number of hydrogen-bond acceptors (Lipinski definition) is 3. The molecule has 1 aromatic rings. The Hall–Kier alpha value is -1.19. The van der Waals surface area contributed by atoms with E-state index in [1.54, 1.807) is 0 Å². The van der Waals surface area contributed by atoms with Gasteiger partial charge in [-0.1, -0.05) is 134 Å². The van der Waals surface area contributed by atoms with Crippen molar-refractivity contribution in [3.05, 3.63) is 41.0 Å². The molecule has 0 saturated heterocycles. The smallest absolute Gasteiger partial charge is 0.496 e. The van der Waals surface area contributed by atoms with Gasteiger partial charge >= 0.3 is 27.7 Å². The fourth-order valence-electron chi connectivity index (χ4n) is 4.79. The number of aliphatic imine (C=N–C) groups is 1. The molecule has 4 rings (SSSR count). The van der Waals surface area contributed by atoms with E-state index in [9.17, 15) is 4.79 Å². The Kier molecular flexibility index (Phi) is 17.3. The molecular weight excluding hydrogens is 454 g/mol. The zero-order chi connectivity index (χ0) is 23.7. The maximum Gasteiger partial charge on any atom is 2.00 e. The van der Waals surface area contributed by atoms with Crippen molar-refractivity contribution in [3.63, 3.8) is 0 Å². The second-order valence-electron chi connectivity index (χ2n) is 9.62. The molecule has 0 aromatic heterocycles. The van der Waals surface area contributed by atoms with E-state index in [4.69, 9.17) is 0 Å². The van der Waals surface area contributed by atoms with Gasteiger partial charge in [-0.25, -0.2) is 0 Å². The van der Waals surface area contributed by atoms with Gasteiger partial charge in [0.25, 0.3) is 0 Å². The molecule has 0 radical (unpaired) electrons. The SMILES string of the molecule is C1CCCC1.C1CCCC1.COC(=O)CC[C-]=C1CCCC1C[C-]=Nc1c(C)cccc1C.[Ti+2]. The van der Waals surface area contributed by atoms with Gasteiger partial charge in [0.2, 0.25) is 0 Å². The number of carbonyl (C=O) groups is 1. The van der Waals surface area contributed by atoms with Gasteiger partial charge < -0.3 is 15.8 Å². The van der Waals surface area contributed by atoms with Crippen LogP contribution >= 0.6 is 0 Å². The van der Waals surface area contributed by atoms with E-state index in [1.165, 1.54) is 94.4 Å². The molecule has 186 valence electrons. The van der Waals surface area contributed by atoms with E-state index in [-0.39, 0.29) is 27.7 Å². The fourth-order valence-corrected chi connectivity index (χ4v) is 4.79. The van der Waals surface area contributed by atoms with Gasteiger partial charge in [-0.05, 0) is 0 Å². The molecule has 3 nitrogen and oxygen atoms in total. The Morgan fingerprint density at radius 3 is 1.97 bits per heavy atom. The summed E-state index contributed by atoms with van der Waals surface area (Å²) in [5.74, 6) is 0.302. The van der Waals surface area contributed by atoms with Gasteiger partial charge in [0.05, 0.1) is 7.11 Å². The summed E-state index contributed by atoms with van der Waals surface area (Å²) in [4.78, 5) is 15.7. The standard InChI is InChI=1S/C20H25NO2.2C5H10.Ti/c1-15-7-4-8-16(2)20(15)21-14-13-18-10-5-9-17(18)11-6-12-19(22)23-3;2*1-2-4-5-3-1;/h4,7-8,18H,5-6,9-10,12-13H2,1-3H3;2*1-5H2;/q-2;;;+2. The number of hydrogen-bond donors (Lipinski definition) is 0. The molecule has 1 unspecified atom stereocenters. The van der Waals surface area contributed by atoms with Crippen LogP contribution in [0.15, 0.2) is 28.8 Å². The van der Waals surface area contributed by atoms with Gasteiger partial charge in [-0.2, -0.15) is 12.6 Å². The molecule has 0 heterocycles. The van der Waals surface area contributed by atoms with E-state index < -0.39 is 0 Å². The van der Waals surface area contributed by atoms with Crippen LogP contribution in [-0.4, -0.2) is 19.3 Å². The predicted molar refractivity (Wildman–Crippen MR) is 139 cm³/mol. The molecule has 0 bridgehead atoms. The van der Waals surface area contributed by atoms with Crippen molar-refractivity contribution >= 4 is 17.9 Å². The average molecular weight is 500 g/mol. The normalized spacial score (nSPS) is 20.3. The second-order valence-corrected chi connectivity index (χ2v) is 9.62. The third-order valence-corrected chi connectivity index (χ3v) is 6.87. The third-order valence-electron chi connectivity index (χ3n) is 6.87. The summed E-state index contributed by atoms with van der Waals surface area (Å²) in [6.07, 6.45) is 27.0. The summed E-state index contributed by atoms with van der Waals surface area (Å²) in [7, 11) is 1.42. The number of carbonyl (C=O) groups excluding carboxylic acids is 1. The van der Waals surface area contributed by atoms with Crippen molar-refractivity contribution in [3.8, 4) is 0 Å². The van der Waals surface area contributed by atoms with E-state index >= 15 is 0 Å². The van der Waals surface area contributed by atoms with Crippen LogP contribution in [0, 0.1) is 25.8 Å². The minimum Gasteiger partial charge on any atom is -0.496 e. The van der Waals surface area contributed by atoms with Crippen molar-refractivity contribution in [1.82, 2.24) is 0 Å². The molecule has 3 aliphatic rings. The Morgan fingerprint density at radius 2 is 1.47 bits per heavy atom. The summed E-state index contributed by atoms with van der Waals surface area (Å²) in [6.45, 7) is 4.16. The van der Waals surface area contributed by atoms with Crippen LogP contribution in [0.1, 0.15) is 114 Å². The first-order valence-electron chi connectivity index (χ1n) is 13.3. The molecule has 0 N–H and O–H groups in total. The monoisotopic (exact) mass is 499 g/mol. The molecule has 1 aromatic carbocycles. The topological polar surface area (TPSA) is 38.7 Å². The van der Waals surface area contributed by atoms with Crippen LogP contribution in [0.4, 0.5) is 5.69 Å². The van der Waals surface area contributed by atoms with Crippen LogP contribution in [0.2, 0.25) is 0 Å². The van der Waals surface area contributed by atoms with Gasteiger partial charge in [0, 0.05) is 6.42 Å². The van der Waals surface area contributed by atoms with Crippen LogP contribution < -0.4 is 0 Å². The van der Waals surface area contributed by atoms with E-state index in [1.807, 2.05) is 0 Å². The Balaban J connectivity index is 0.000000430. The largest absolute Gasteiger partial charge is 2.00 e. The molecular formula is C30H45NO2Ti. The van der Waals surface area contributed by atoms with Crippen LogP contribution in [0.25, 0.3) is 0 Å². The maximum atomic E-state index is 11.2. The van der Waals surface area contributed by atoms with E-state index in [0.29, 0.717) is 18.8 Å². The maximum absolute atomic E-state index is 11.2. The van der Waals surface area contributed by atoms with Gasteiger partial charge in [-0.3, -0.25) is 10.4 Å². The fraction of sp³-hybridized carbons (Fsp3) is 0.667. The van der Waals surface area contributed by atoms with Crippen LogP contribution in [-0.2, 0) is 31.2 Å². The third kappa shape index (κ3) is 12.5. The van der Waals surface area contributed by atoms with Crippen molar-refractivity contribution in [2.24, 2.45) is 10.9 Å².